The number of amides is 1. The Balaban J connectivity index is 2.00. The molecule has 0 aliphatic carbocycles. The molecule has 0 saturated heterocycles. The molecule has 0 radical (unpaired) electrons. The molecule has 0 aliphatic heterocycles. The number of hydrogen-bond donors (Lipinski definition) is 1. The van der Waals surface area contributed by atoms with Crippen molar-refractivity contribution >= 4 is 22.3 Å². The van der Waals surface area contributed by atoms with Gasteiger partial charge in [-0.2, -0.15) is 5.10 Å². The van der Waals surface area contributed by atoms with Crippen molar-refractivity contribution in [3.05, 3.63) is 46.8 Å². The van der Waals surface area contributed by atoms with E-state index in [1.807, 2.05) is 13.8 Å². The summed E-state index contributed by atoms with van der Waals surface area (Å²) in [5.74, 6) is -0.630. The minimum Gasteiger partial charge on any atom is -0.352 e. The van der Waals surface area contributed by atoms with Crippen molar-refractivity contribution in [2.24, 2.45) is 0 Å². The summed E-state index contributed by atoms with van der Waals surface area (Å²) < 4.78 is 16.0. The van der Waals surface area contributed by atoms with E-state index in [-0.39, 0.29) is 29.9 Å². The van der Waals surface area contributed by atoms with Crippen molar-refractivity contribution in [1.29, 1.82) is 0 Å². The Hall–Kier alpha value is -2.70. The van der Waals surface area contributed by atoms with Gasteiger partial charge in [0.15, 0.2) is 0 Å². The maximum Gasteiger partial charge on any atom is 0.291 e. The molecule has 6 nitrogen and oxygen atoms in total. The largest absolute Gasteiger partial charge is 0.352 e. The zero-order valence-corrected chi connectivity index (χ0v) is 12.9. The molecule has 0 saturated carbocycles. The van der Waals surface area contributed by atoms with E-state index in [0.29, 0.717) is 16.4 Å². The molecule has 1 unspecified atom stereocenters. The molecule has 1 N–H and O–H groups in total. The third kappa shape index (κ3) is 2.81. The number of hydrogen-bond acceptors (Lipinski definition) is 3. The SMILES string of the molecule is CCC(C)NC(=O)Cn1ncn2c(cc3cc(F)ccc32)c1=O. The third-order valence-corrected chi connectivity index (χ3v) is 3.87. The predicted octanol–water partition coefficient (Wildman–Crippen LogP) is 1.70. The van der Waals surface area contributed by atoms with Gasteiger partial charge in [0.25, 0.3) is 5.56 Å². The van der Waals surface area contributed by atoms with E-state index < -0.39 is 0 Å². The van der Waals surface area contributed by atoms with Crippen molar-refractivity contribution in [1.82, 2.24) is 19.5 Å². The molecule has 1 aromatic carbocycles. The molecule has 2 aromatic heterocycles. The van der Waals surface area contributed by atoms with Crippen LogP contribution in [0.3, 0.4) is 0 Å². The van der Waals surface area contributed by atoms with Crippen molar-refractivity contribution in [3.63, 3.8) is 0 Å². The Morgan fingerprint density at radius 3 is 2.87 bits per heavy atom. The molecule has 0 spiro atoms. The zero-order valence-electron chi connectivity index (χ0n) is 12.9. The molecule has 0 fully saturated rings. The summed E-state index contributed by atoms with van der Waals surface area (Å²) in [4.78, 5) is 24.4. The molecule has 3 rings (SSSR count). The Morgan fingerprint density at radius 2 is 2.13 bits per heavy atom. The normalized spacial score (nSPS) is 12.7. The Kier molecular flexibility index (Phi) is 3.85. The van der Waals surface area contributed by atoms with E-state index in [1.54, 1.807) is 16.5 Å². The number of rotatable bonds is 4. The van der Waals surface area contributed by atoms with Gasteiger partial charge in [0.2, 0.25) is 5.91 Å². The predicted molar refractivity (Wildman–Crippen MR) is 84.8 cm³/mol. The van der Waals surface area contributed by atoms with E-state index in [1.165, 1.54) is 18.5 Å². The first kappa shape index (κ1) is 15.2. The summed E-state index contributed by atoms with van der Waals surface area (Å²) in [6, 6.07) is 5.94. The van der Waals surface area contributed by atoms with Gasteiger partial charge in [-0.1, -0.05) is 6.92 Å². The number of carbonyl (C=O) groups is 1. The van der Waals surface area contributed by atoms with E-state index in [9.17, 15) is 14.0 Å². The number of benzene rings is 1. The maximum atomic E-state index is 13.3. The molecule has 23 heavy (non-hydrogen) atoms. The molecule has 120 valence electrons. The lowest BCUT2D eigenvalue weighted by molar-refractivity contribution is -0.122. The monoisotopic (exact) mass is 316 g/mol. The zero-order chi connectivity index (χ0) is 16.6. The highest BCUT2D eigenvalue weighted by atomic mass is 19.1. The number of nitrogens with one attached hydrogen (secondary N) is 1. The lowest BCUT2D eigenvalue weighted by Gasteiger charge is -2.11. The fourth-order valence-electron chi connectivity index (χ4n) is 2.47. The van der Waals surface area contributed by atoms with Crippen molar-refractivity contribution in [2.45, 2.75) is 32.9 Å². The van der Waals surface area contributed by atoms with Gasteiger partial charge in [0.05, 0.1) is 5.52 Å². The van der Waals surface area contributed by atoms with Gasteiger partial charge in [-0.05, 0) is 37.6 Å². The Bertz CT molecular complexity index is 944. The van der Waals surface area contributed by atoms with Crippen LogP contribution in [-0.4, -0.2) is 26.1 Å². The summed E-state index contributed by atoms with van der Waals surface area (Å²) in [7, 11) is 0. The van der Waals surface area contributed by atoms with Crippen molar-refractivity contribution in [3.8, 4) is 0 Å². The van der Waals surface area contributed by atoms with Crippen LogP contribution < -0.4 is 10.9 Å². The van der Waals surface area contributed by atoms with Crippen molar-refractivity contribution < 1.29 is 9.18 Å². The first-order valence-corrected chi connectivity index (χ1v) is 7.45. The van der Waals surface area contributed by atoms with Crippen LogP contribution in [0.5, 0.6) is 0 Å². The van der Waals surface area contributed by atoms with E-state index in [2.05, 4.69) is 10.4 Å². The summed E-state index contributed by atoms with van der Waals surface area (Å²) in [5.41, 5.74) is 0.669. The molecule has 3 aromatic rings. The minimum atomic E-state index is -0.386. The van der Waals surface area contributed by atoms with Gasteiger partial charge in [-0.3, -0.25) is 14.0 Å². The van der Waals surface area contributed by atoms with Gasteiger partial charge in [-0.25, -0.2) is 9.07 Å². The number of aromatic nitrogens is 3. The molecule has 7 heteroatoms. The number of fused-ring (bicyclic) bond motifs is 3. The van der Waals surface area contributed by atoms with Crippen LogP contribution in [0.2, 0.25) is 0 Å². The lowest BCUT2D eigenvalue weighted by Crippen LogP contribution is -2.38. The highest BCUT2D eigenvalue weighted by molar-refractivity contribution is 5.86. The molecular formula is C16H17FN4O2. The van der Waals surface area contributed by atoms with Gasteiger partial charge in [-0.15, -0.1) is 0 Å². The highest BCUT2D eigenvalue weighted by Gasteiger charge is 2.12. The van der Waals surface area contributed by atoms with Gasteiger partial charge in [0.1, 0.15) is 24.2 Å². The first-order chi connectivity index (χ1) is 11.0. The Morgan fingerprint density at radius 1 is 1.35 bits per heavy atom. The van der Waals surface area contributed by atoms with Crippen LogP contribution in [0, 0.1) is 5.82 Å². The van der Waals surface area contributed by atoms with E-state index >= 15 is 0 Å². The highest BCUT2D eigenvalue weighted by Crippen LogP contribution is 2.18. The minimum absolute atomic E-state index is 0.0424. The van der Waals surface area contributed by atoms with Gasteiger partial charge < -0.3 is 5.32 Å². The standard InChI is InChI=1S/C16H17FN4O2/c1-3-10(2)19-15(22)8-21-16(23)14-7-11-6-12(17)4-5-13(11)20(14)9-18-21/h4-7,9-10H,3,8H2,1-2H3,(H,19,22). The van der Waals surface area contributed by atoms with Crippen LogP contribution in [0.1, 0.15) is 20.3 Å². The van der Waals surface area contributed by atoms with Crippen LogP contribution in [-0.2, 0) is 11.3 Å². The molecule has 0 bridgehead atoms. The topological polar surface area (TPSA) is 68.4 Å². The average molecular weight is 316 g/mol. The average Bonchev–Trinajstić information content (AvgIpc) is 2.88. The maximum absolute atomic E-state index is 13.3. The van der Waals surface area contributed by atoms with E-state index in [0.717, 1.165) is 11.1 Å². The molecular weight excluding hydrogens is 299 g/mol. The smallest absolute Gasteiger partial charge is 0.291 e. The lowest BCUT2D eigenvalue weighted by atomic mass is 10.2. The summed E-state index contributed by atoms with van der Waals surface area (Å²) in [6.45, 7) is 3.72. The van der Waals surface area contributed by atoms with E-state index in [4.69, 9.17) is 0 Å². The first-order valence-electron chi connectivity index (χ1n) is 7.45. The van der Waals surface area contributed by atoms with Crippen LogP contribution >= 0.6 is 0 Å². The fraction of sp³-hybridized carbons (Fsp3) is 0.312. The summed E-state index contributed by atoms with van der Waals surface area (Å²) >= 11 is 0. The number of nitrogens with zero attached hydrogens (tertiary/aromatic N) is 3. The van der Waals surface area contributed by atoms with Gasteiger partial charge in [0, 0.05) is 11.4 Å². The Labute approximate surface area is 131 Å². The second-order valence-corrected chi connectivity index (χ2v) is 5.57. The van der Waals surface area contributed by atoms with Crippen LogP contribution in [0.4, 0.5) is 4.39 Å². The summed E-state index contributed by atoms with van der Waals surface area (Å²) in [6.07, 6.45) is 2.27. The molecule has 1 amide bonds. The number of carbonyl (C=O) groups excluding carboxylic acids is 1. The van der Waals surface area contributed by atoms with Gasteiger partial charge >= 0.3 is 0 Å². The molecule has 2 heterocycles. The molecule has 0 aliphatic rings. The summed E-state index contributed by atoms with van der Waals surface area (Å²) in [5, 5.41) is 7.45. The van der Waals surface area contributed by atoms with Crippen LogP contribution in [0.15, 0.2) is 35.4 Å². The van der Waals surface area contributed by atoms with Crippen molar-refractivity contribution in [2.75, 3.05) is 0 Å². The fourth-order valence-corrected chi connectivity index (χ4v) is 2.47. The number of halogens is 1. The van der Waals surface area contributed by atoms with Crippen LogP contribution in [0.25, 0.3) is 16.4 Å². The second kappa shape index (κ2) is 5.83. The molecule has 1 atom stereocenters. The second-order valence-electron chi connectivity index (χ2n) is 5.57. The quantitative estimate of drug-likeness (QED) is 0.796. The third-order valence-electron chi connectivity index (χ3n) is 3.87.